The van der Waals surface area contributed by atoms with Crippen molar-refractivity contribution in [3.8, 4) is 0 Å². The second kappa shape index (κ2) is 4.09. The molecular weight excluding hydrogens is 196 g/mol. The number of hydrogen-bond acceptors (Lipinski definition) is 2. The minimum Gasteiger partial charge on any atom is -0.237 e. The molecule has 1 heterocycles. The molecule has 1 aliphatic rings. The fourth-order valence-corrected chi connectivity index (χ4v) is 1.97. The Bertz CT molecular complexity index is 360. The third kappa shape index (κ3) is 2.13. The summed E-state index contributed by atoms with van der Waals surface area (Å²) in [7, 11) is 0. The van der Waals surface area contributed by atoms with Crippen LogP contribution in [0.4, 0.5) is 0 Å². The molecule has 0 radical (unpaired) electrons. The summed E-state index contributed by atoms with van der Waals surface area (Å²) in [6.45, 7) is 2.27. The van der Waals surface area contributed by atoms with E-state index in [9.17, 15) is 0 Å². The van der Waals surface area contributed by atoms with Crippen LogP contribution in [0.2, 0.25) is 5.15 Å². The van der Waals surface area contributed by atoms with Crippen molar-refractivity contribution in [2.45, 2.75) is 26.2 Å². The van der Waals surface area contributed by atoms with E-state index in [-0.39, 0.29) is 0 Å². The van der Waals surface area contributed by atoms with Crippen LogP contribution in [0.3, 0.4) is 0 Å². The van der Waals surface area contributed by atoms with E-state index in [1.807, 2.05) is 6.07 Å². The van der Waals surface area contributed by atoms with Gasteiger partial charge in [0.25, 0.3) is 0 Å². The van der Waals surface area contributed by atoms with E-state index >= 15 is 0 Å². The quantitative estimate of drug-likeness (QED) is 0.662. The van der Waals surface area contributed by atoms with Crippen LogP contribution in [-0.2, 0) is 0 Å². The van der Waals surface area contributed by atoms with Crippen LogP contribution in [0.1, 0.15) is 31.9 Å². The van der Waals surface area contributed by atoms with E-state index in [4.69, 9.17) is 11.6 Å². The first-order valence-corrected chi connectivity index (χ1v) is 5.30. The van der Waals surface area contributed by atoms with Gasteiger partial charge in [-0.15, -0.1) is 0 Å². The maximum absolute atomic E-state index is 5.82. The average molecular weight is 209 g/mol. The minimum absolute atomic E-state index is 0.522. The van der Waals surface area contributed by atoms with Crippen LogP contribution in [0.15, 0.2) is 18.5 Å². The molecule has 0 amide bonds. The molecule has 1 aromatic heterocycles. The molecule has 0 bridgehead atoms. The van der Waals surface area contributed by atoms with Gasteiger partial charge in [0.2, 0.25) is 0 Å². The van der Waals surface area contributed by atoms with Gasteiger partial charge in [0.1, 0.15) is 11.5 Å². The molecule has 0 aliphatic heterocycles. The summed E-state index contributed by atoms with van der Waals surface area (Å²) in [4.78, 5) is 8.11. The van der Waals surface area contributed by atoms with Crippen molar-refractivity contribution >= 4 is 17.2 Å². The molecule has 1 unspecified atom stereocenters. The van der Waals surface area contributed by atoms with Crippen LogP contribution in [-0.4, -0.2) is 9.97 Å². The van der Waals surface area contributed by atoms with Gasteiger partial charge in [-0.1, -0.05) is 24.6 Å². The van der Waals surface area contributed by atoms with Crippen molar-refractivity contribution in [1.29, 1.82) is 0 Å². The molecule has 2 rings (SSSR count). The second-order valence-electron chi connectivity index (χ2n) is 3.84. The molecule has 3 heteroatoms. The fourth-order valence-electron chi connectivity index (χ4n) is 1.82. The Morgan fingerprint density at radius 1 is 1.43 bits per heavy atom. The van der Waals surface area contributed by atoms with Crippen LogP contribution < -0.4 is 0 Å². The van der Waals surface area contributed by atoms with E-state index in [0.717, 1.165) is 24.5 Å². The molecule has 0 saturated carbocycles. The normalized spacial score (nSPS) is 21.9. The molecule has 0 aromatic carbocycles. The van der Waals surface area contributed by atoms with Gasteiger partial charge in [-0.2, -0.15) is 0 Å². The number of nitrogens with zero attached hydrogens (tertiary/aromatic N) is 2. The molecular formula is C11H13ClN2. The highest BCUT2D eigenvalue weighted by Gasteiger charge is 2.13. The zero-order valence-electron chi connectivity index (χ0n) is 8.20. The third-order valence-electron chi connectivity index (χ3n) is 2.58. The van der Waals surface area contributed by atoms with E-state index in [2.05, 4.69) is 23.0 Å². The number of halogens is 1. The lowest BCUT2D eigenvalue weighted by molar-refractivity contribution is 0.535. The van der Waals surface area contributed by atoms with Crippen molar-refractivity contribution in [2.24, 2.45) is 5.92 Å². The molecule has 2 nitrogen and oxygen atoms in total. The Kier molecular flexibility index (Phi) is 2.82. The average Bonchev–Trinajstić information content (AvgIpc) is 2.18. The van der Waals surface area contributed by atoms with E-state index in [1.165, 1.54) is 18.3 Å². The van der Waals surface area contributed by atoms with Gasteiger partial charge < -0.3 is 0 Å². The number of aromatic nitrogens is 2. The lowest BCUT2D eigenvalue weighted by Crippen LogP contribution is -2.03. The molecule has 0 fully saturated rings. The van der Waals surface area contributed by atoms with Crippen molar-refractivity contribution in [3.05, 3.63) is 29.3 Å². The summed E-state index contributed by atoms with van der Waals surface area (Å²) in [5, 5.41) is 0.522. The van der Waals surface area contributed by atoms with Crippen molar-refractivity contribution in [1.82, 2.24) is 9.97 Å². The van der Waals surface area contributed by atoms with Crippen LogP contribution in [0.25, 0.3) is 5.57 Å². The fraction of sp³-hybridized carbons (Fsp3) is 0.455. The van der Waals surface area contributed by atoms with Crippen LogP contribution >= 0.6 is 11.6 Å². The highest BCUT2D eigenvalue weighted by atomic mass is 35.5. The van der Waals surface area contributed by atoms with E-state index in [1.54, 1.807) is 0 Å². The summed E-state index contributed by atoms with van der Waals surface area (Å²) in [6.07, 6.45) is 7.32. The molecule has 0 spiro atoms. The third-order valence-corrected chi connectivity index (χ3v) is 2.79. The molecule has 1 aromatic rings. The molecule has 0 N–H and O–H groups in total. The highest BCUT2D eigenvalue weighted by molar-refractivity contribution is 6.29. The molecule has 1 aliphatic carbocycles. The molecule has 0 saturated heterocycles. The summed E-state index contributed by atoms with van der Waals surface area (Å²) in [5.74, 6) is 0.753. The smallest absolute Gasteiger partial charge is 0.133 e. The second-order valence-corrected chi connectivity index (χ2v) is 4.23. The predicted octanol–water partition coefficient (Wildman–Crippen LogP) is 3.33. The largest absolute Gasteiger partial charge is 0.237 e. The Morgan fingerprint density at radius 3 is 3.00 bits per heavy atom. The van der Waals surface area contributed by atoms with Gasteiger partial charge in [-0.3, -0.25) is 0 Å². The van der Waals surface area contributed by atoms with Gasteiger partial charge in [0.15, 0.2) is 0 Å². The Morgan fingerprint density at radius 2 is 2.29 bits per heavy atom. The first-order valence-electron chi connectivity index (χ1n) is 4.92. The van der Waals surface area contributed by atoms with Crippen molar-refractivity contribution < 1.29 is 0 Å². The van der Waals surface area contributed by atoms with Gasteiger partial charge >= 0.3 is 0 Å². The Balaban J connectivity index is 2.26. The highest BCUT2D eigenvalue weighted by Crippen LogP contribution is 2.29. The predicted molar refractivity (Wildman–Crippen MR) is 58.0 cm³/mol. The number of hydrogen-bond donors (Lipinski definition) is 0. The van der Waals surface area contributed by atoms with Gasteiger partial charge in [0.05, 0.1) is 5.69 Å². The van der Waals surface area contributed by atoms with Gasteiger partial charge in [-0.05, 0) is 30.8 Å². The maximum atomic E-state index is 5.82. The van der Waals surface area contributed by atoms with Gasteiger partial charge in [-0.25, -0.2) is 9.97 Å². The van der Waals surface area contributed by atoms with Crippen LogP contribution in [0.5, 0.6) is 0 Å². The topological polar surface area (TPSA) is 25.8 Å². The lowest BCUT2D eigenvalue weighted by Gasteiger charge is -2.18. The summed E-state index contributed by atoms with van der Waals surface area (Å²) >= 11 is 5.82. The Labute approximate surface area is 89.0 Å². The SMILES string of the molecule is CC1CCC=C(c2cc(Cl)ncn2)C1. The Hall–Kier alpha value is -0.890. The number of rotatable bonds is 1. The first kappa shape index (κ1) is 9.66. The molecule has 14 heavy (non-hydrogen) atoms. The van der Waals surface area contributed by atoms with Gasteiger partial charge in [0, 0.05) is 6.07 Å². The van der Waals surface area contributed by atoms with Crippen molar-refractivity contribution in [2.75, 3.05) is 0 Å². The standard InChI is InChI=1S/C11H13ClN2/c1-8-3-2-4-9(5-8)10-6-11(12)14-7-13-10/h4,6-8H,2-3,5H2,1H3. The van der Waals surface area contributed by atoms with E-state index in [0.29, 0.717) is 5.15 Å². The molecule has 1 atom stereocenters. The minimum atomic E-state index is 0.522. The summed E-state index contributed by atoms with van der Waals surface area (Å²) in [6, 6.07) is 1.84. The first-order chi connectivity index (χ1) is 6.75. The van der Waals surface area contributed by atoms with Crippen molar-refractivity contribution in [3.63, 3.8) is 0 Å². The molecule has 74 valence electrons. The maximum Gasteiger partial charge on any atom is 0.133 e. The number of allylic oxidation sites excluding steroid dienone is 2. The van der Waals surface area contributed by atoms with Crippen LogP contribution in [0, 0.1) is 5.92 Å². The lowest BCUT2D eigenvalue weighted by atomic mass is 9.89. The van der Waals surface area contributed by atoms with E-state index < -0.39 is 0 Å². The summed E-state index contributed by atoms with van der Waals surface area (Å²) < 4.78 is 0. The zero-order chi connectivity index (χ0) is 9.97. The zero-order valence-corrected chi connectivity index (χ0v) is 8.96. The summed E-state index contributed by atoms with van der Waals surface area (Å²) in [5.41, 5.74) is 2.30. The monoisotopic (exact) mass is 208 g/mol.